The number of aryl methyl sites for hydroxylation is 3. The molecule has 0 aliphatic heterocycles. The van der Waals surface area contributed by atoms with Gasteiger partial charge in [-0.15, -0.1) is 22.7 Å². The Hall–Kier alpha value is -1.47. The number of guanidine groups is 1. The molecule has 0 saturated heterocycles. The lowest BCUT2D eigenvalue weighted by atomic mass is 10.4. The first-order chi connectivity index (χ1) is 10.1. The van der Waals surface area contributed by atoms with Gasteiger partial charge in [0.25, 0.3) is 0 Å². The van der Waals surface area contributed by atoms with Crippen LogP contribution in [0.5, 0.6) is 0 Å². The standard InChI is InChI=1S/C14H21N5S2/c1-9-11(3)21-13(19-9)5-6-16-14(15-4)17-7-12-10(2)18-8-20-12/h8H,5-7H2,1-4H3,(H2,15,16,17). The summed E-state index contributed by atoms with van der Waals surface area (Å²) < 4.78 is 0. The van der Waals surface area contributed by atoms with E-state index in [1.54, 1.807) is 29.7 Å². The summed E-state index contributed by atoms with van der Waals surface area (Å²) >= 11 is 3.43. The van der Waals surface area contributed by atoms with Crippen molar-refractivity contribution in [2.45, 2.75) is 33.7 Å². The van der Waals surface area contributed by atoms with Crippen LogP contribution in [-0.2, 0) is 13.0 Å². The molecule has 0 radical (unpaired) electrons. The van der Waals surface area contributed by atoms with Crippen molar-refractivity contribution in [1.82, 2.24) is 20.6 Å². The fraction of sp³-hybridized carbons (Fsp3) is 0.500. The quantitative estimate of drug-likeness (QED) is 0.655. The number of nitrogens with zero attached hydrogens (tertiary/aromatic N) is 3. The fourth-order valence-corrected chi connectivity index (χ4v) is 3.46. The average molecular weight is 323 g/mol. The Bertz CT molecular complexity index is 595. The van der Waals surface area contributed by atoms with Gasteiger partial charge in [0, 0.05) is 29.8 Å². The molecule has 7 heteroatoms. The Labute approximate surface area is 133 Å². The maximum Gasteiger partial charge on any atom is 0.191 e. The molecule has 0 spiro atoms. The highest BCUT2D eigenvalue weighted by Gasteiger charge is 2.05. The van der Waals surface area contributed by atoms with Gasteiger partial charge in [-0.2, -0.15) is 0 Å². The molecule has 114 valence electrons. The number of hydrogen-bond acceptors (Lipinski definition) is 5. The minimum absolute atomic E-state index is 0.756. The predicted octanol–water partition coefficient (Wildman–Crippen LogP) is 2.43. The summed E-state index contributed by atoms with van der Waals surface area (Å²) in [5.74, 6) is 0.813. The minimum atomic E-state index is 0.756. The zero-order chi connectivity index (χ0) is 15.2. The molecular formula is C14H21N5S2. The summed E-state index contributed by atoms with van der Waals surface area (Å²) in [5, 5.41) is 7.80. The average Bonchev–Trinajstić information content (AvgIpc) is 3.00. The summed E-state index contributed by atoms with van der Waals surface area (Å²) in [4.78, 5) is 15.6. The van der Waals surface area contributed by atoms with Crippen molar-refractivity contribution >= 4 is 28.6 Å². The van der Waals surface area contributed by atoms with E-state index in [2.05, 4.69) is 39.4 Å². The van der Waals surface area contributed by atoms with Crippen LogP contribution in [0.2, 0.25) is 0 Å². The van der Waals surface area contributed by atoms with E-state index in [-0.39, 0.29) is 0 Å². The second-order valence-electron chi connectivity index (χ2n) is 4.71. The van der Waals surface area contributed by atoms with Crippen LogP contribution in [-0.4, -0.2) is 29.5 Å². The van der Waals surface area contributed by atoms with Crippen LogP contribution in [0.4, 0.5) is 0 Å². The van der Waals surface area contributed by atoms with Crippen molar-refractivity contribution in [3.8, 4) is 0 Å². The largest absolute Gasteiger partial charge is 0.356 e. The summed E-state index contributed by atoms with van der Waals surface area (Å²) in [5.41, 5.74) is 4.09. The van der Waals surface area contributed by atoms with E-state index in [0.29, 0.717) is 0 Å². The highest BCUT2D eigenvalue weighted by atomic mass is 32.1. The smallest absolute Gasteiger partial charge is 0.191 e. The number of aromatic nitrogens is 2. The molecule has 0 fully saturated rings. The van der Waals surface area contributed by atoms with E-state index >= 15 is 0 Å². The second kappa shape index (κ2) is 7.51. The van der Waals surface area contributed by atoms with Gasteiger partial charge in [0.05, 0.1) is 28.5 Å². The molecule has 0 saturated carbocycles. The number of aliphatic imine (C=N–C) groups is 1. The Balaban J connectivity index is 1.76. The second-order valence-corrected chi connectivity index (χ2v) is 6.94. The van der Waals surface area contributed by atoms with Gasteiger partial charge in [0.15, 0.2) is 5.96 Å². The summed E-state index contributed by atoms with van der Waals surface area (Å²) in [6.07, 6.45) is 0.916. The van der Waals surface area contributed by atoms with E-state index in [9.17, 15) is 0 Å². The van der Waals surface area contributed by atoms with Gasteiger partial charge in [0.2, 0.25) is 0 Å². The van der Waals surface area contributed by atoms with Crippen LogP contribution in [0.1, 0.15) is 26.1 Å². The summed E-state index contributed by atoms with van der Waals surface area (Å²) in [6, 6.07) is 0. The molecule has 5 nitrogen and oxygen atoms in total. The van der Waals surface area contributed by atoms with Gasteiger partial charge < -0.3 is 10.6 Å². The lowest BCUT2D eigenvalue weighted by Gasteiger charge is -2.10. The number of rotatable bonds is 5. The highest BCUT2D eigenvalue weighted by molar-refractivity contribution is 7.11. The monoisotopic (exact) mass is 323 g/mol. The lowest BCUT2D eigenvalue weighted by Crippen LogP contribution is -2.37. The van der Waals surface area contributed by atoms with Gasteiger partial charge in [0.1, 0.15) is 0 Å². The molecule has 0 amide bonds. The first-order valence-electron chi connectivity index (χ1n) is 6.86. The zero-order valence-electron chi connectivity index (χ0n) is 12.9. The van der Waals surface area contributed by atoms with Crippen molar-refractivity contribution < 1.29 is 0 Å². The van der Waals surface area contributed by atoms with Gasteiger partial charge in [-0.05, 0) is 20.8 Å². The van der Waals surface area contributed by atoms with Crippen molar-refractivity contribution in [3.63, 3.8) is 0 Å². The van der Waals surface area contributed by atoms with Crippen LogP contribution in [0, 0.1) is 20.8 Å². The molecule has 0 atom stereocenters. The van der Waals surface area contributed by atoms with E-state index < -0.39 is 0 Å². The Morgan fingerprint density at radius 1 is 1.24 bits per heavy atom. The minimum Gasteiger partial charge on any atom is -0.356 e. The Kier molecular flexibility index (Phi) is 5.69. The predicted molar refractivity (Wildman–Crippen MR) is 90.3 cm³/mol. The SMILES string of the molecule is CN=C(NCCc1nc(C)c(C)s1)NCc1scnc1C. The normalized spacial score (nSPS) is 11.7. The number of hydrogen-bond donors (Lipinski definition) is 2. The maximum absolute atomic E-state index is 4.54. The maximum atomic E-state index is 4.54. The van der Waals surface area contributed by atoms with Crippen LogP contribution in [0.15, 0.2) is 10.5 Å². The van der Waals surface area contributed by atoms with E-state index in [1.807, 2.05) is 12.4 Å². The van der Waals surface area contributed by atoms with E-state index in [0.717, 1.165) is 36.9 Å². The first kappa shape index (κ1) is 15.9. The van der Waals surface area contributed by atoms with Crippen LogP contribution < -0.4 is 10.6 Å². The zero-order valence-corrected chi connectivity index (χ0v) is 14.5. The fourth-order valence-electron chi connectivity index (χ4n) is 1.81. The molecule has 0 aromatic carbocycles. The molecule has 0 aliphatic rings. The molecule has 2 heterocycles. The molecule has 0 bridgehead atoms. The van der Waals surface area contributed by atoms with Gasteiger partial charge in [-0.25, -0.2) is 9.97 Å². The van der Waals surface area contributed by atoms with Crippen molar-refractivity contribution in [2.75, 3.05) is 13.6 Å². The Morgan fingerprint density at radius 3 is 2.62 bits per heavy atom. The molecule has 21 heavy (non-hydrogen) atoms. The van der Waals surface area contributed by atoms with E-state index in [4.69, 9.17) is 0 Å². The van der Waals surface area contributed by atoms with Gasteiger partial charge in [-0.3, -0.25) is 4.99 Å². The lowest BCUT2D eigenvalue weighted by molar-refractivity contribution is 0.792. The van der Waals surface area contributed by atoms with Crippen LogP contribution in [0.25, 0.3) is 0 Å². The summed E-state index contributed by atoms with van der Waals surface area (Å²) in [7, 11) is 1.78. The molecule has 2 aromatic rings. The third-order valence-corrected chi connectivity index (χ3v) is 5.26. The van der Waals surface area contributed by atoms with E-state index in [1.165, 1.54) is 14.8 Å². The number of nitrogens with one attached hydrogen (secondary N) is 2. The van der Waals surface area contributed by atoms with Crippen LogP contribution in [0.3, 0.4) is 0 Å². The topological polar surface area (TPSA) is 62.2 Å². The van der Waals surface area contributed by atoms with Gasteiger partial charge in [-0.1, -0.05) is 0 Å². The van der Waals surface area contributed by atoms with Crippen molar-refractivity contribution in [1.29, 1.82) is 0 Å². The highest BCUT2D eigenvalue weighted by Crippen LogP contribution is 2.16. The van der Waals surface area contributed by atoms with Crippen molar-refractivity contribution in [2.24, 2.45) is 4.99 Å². The first-order valence-corrected chi connectivity index (χ1v) is 8.56. The molecule has 2 rings (SSSR count). The third-order valence-electron chi connectivity index (χ3n) is 3.19. The van der Waals surface area contributed by atoms with Crippen molar-refractivity contribution in [3.05, 3.63) is 31.7 Å². The third kappa shape index (κ3) is 4.50. The molecule has 0 aliphatic carbocycles. The van der Waals surface area contributed by atoms with Crippen LogP contribution >= 0.6 is 22.7 Å². The summed E-state index contributed by atoms with van der Waals surface area (Å²) in [6.45, 7) is 7.78. The molecule has 0 unspecified atom stereocenters. The molecule has 2 aromatic heterocycles. The molecular weight excluding hydrogens is 302 g/mol. The Morgan fingerprint density at radius 2 is 2.05 bits per heavy atom. The van der Waals surface area contributed by atoms with Gasteiger partial charge >= 0.3 is 0 Å². The number of thiazole rings is 2. The molecule has 2 N–H and O–H groups in total.